The largest absolute Gasteiger partial charge is 0.508 e. The lowest BCUT2D eigenvalue weighted by Crippen LogP contribution is -2.20. The first-order valence-corrected chi connectivity index (χ1v) is 5.38. The Morgan fingerprint density at radius 1 is 1.21 bits per heavy atom. The molecule has 0 bridgehead atoms. The van der Waals surface area contributed by atoms with E-state index in [1.165, 1.54) is 31.2 Å². The van der Waals surface area contributed by atoms with Gasteiger partial charge in [-0.2, -0.15) is 0 Å². The first kappa shape index (κ1) is 9.53. The van der Waals surface area contributed by atoms with Crippen LogP contribution in [0.2, 0.25) is 0 Å². The van der Waals surface area contributed by atoms with Gasteiger partial charge in [-0.05, 0) is 37.1 Å². The number of hydrogen-bond donors (Lipinski definition) is 2. The Balaban J connectivity index is 2.12. The first-order chi connectivity index (χ1) is 6.86. The highest BCUT2D eigenvalue weighted by atomic mass is 16.3. The van der Waals surface area contributed by atoms with Crippen molar-refractivity contribution in [3.8, 4) is 5.75 Å². The maximum absolute atomic E-state index is 9.39. The van der Waals surface area contributed by atoms with Gasteiger partial charge >= 0.3 is 0 Å². The lowest BCUT2D eigenvalue weighted by atomic mass is 10.0. The van der Waals surface area contributed by atoms with E-state index in [-0.39, 0.29) is 0 Å². The molecule has 0 saturated carbocycles. The third kappa shape index (κ3) is 2.26. The van der Waals surface area contributed by atoms with Gasteiger partial charge in [0.05, 0.1) is 0 Å². The summed E-state index contributed by atoms with van der Waals surface area (Å²) in [5.41, 5.74) is 1.21. The van der Waals surface area contributed by atoms with Gasteiger partial charge in [-0.1, -0.05) is 25.0 Å². The second kappa shape index (κ2) is 4.47. The van der Waals surface area contributed by atoms with E-state index in [0.717, 1.165) is 6.54 Å². The molecule has 2 nitrogen and oxygen atoms in total. The van der Waals surface area contributed by atoms with E-state index in [2.05, 4.69) is 11.4 Å². The van der Waals surface area contributed by atoms with Crippen LogP contribution in [0.25, 0.3) is 0 Å². The third-order valence-electron chi connectivity index (χ3n) is 2.83. The summed E-state index contributed by atoms with van der Waals surface area (Å²) in [7, 11) is 0. The van der Waals surface area contributed by atoms with Crippen LogP contribution < -0.4 is 5.32 Å². The Morgan fingerprint density at radius 3 is 3.00 bits per heavy atom. The maximum atomic E-state index is 9.39. The number of rotatable bonds is 1. The van der Waals surface area contributed by atoms with E-state index in [1.807, 2.05) is 12.1 Å². The summed E-state index contributed by atoms with van der Waals surface area (Å²) < 4.78 is 0. The Labute approximate surface area is 85.0 Å². The summed E-state index contributed by atoms with van der Waals surface area (Å²) in [6.07, 6.45) is 5.06. The van der Waals surface area contributed by atoms with E-state index in [4.69, 9.17) is 0 Å². The topological polar surface area (TPSA) is 32.3 Å². The quantitative estimate of drug-likeness (QED) is 0.715. The lowest BCUT2D eigenvalue weighted by molar-refractivity contribution is 0.470. The zero-order chi connectivity index (χ0) is 9.80. The van der Waals surface area contributed by atoms with Crippen LogP contribution in [0.15, 0.2) is 24.3 Å². The number of nitrogens with one attached hydrogen (secondary N) is 1. The summed E-state index contributed by atoms with van der Waals surface area (Å²) >= 11 is 0. The van der Waals surface area contributed by atoms with Crippen LogP contribution in [0.3, 0.4) is 0 Å². The number of aromatic hydroxyl groups is 1. The van der Waals surface area contributed by atoms with Crippen LogP contribution >= 0.6 is 0 Å². The van der Waals surface area contributed by atoms with Crippen LogP contribution in [0, 0.1) is 0 Å². The van der Waals surface area contributed by atoms with Crippen molar-refractivity contribution < 1.29 is 5.11 Å². The van der Waals surface area contributed by atoms with Crippen molar-refractivity contribution in [3.63, 3.8) is 0 Å². The summed E-state index contributed by atoms with van der Waals surface area (Å²) in [4.78, 5) is 0. The summed E-state index contributed by atoms with van der Waals surface area (Å²) in [6.45, 7) is 1.10. The lowest BCUT2D eigenvalue weighted by Gasteiger charge is -2.16. The van der Waals surface area contributed by atoms with E-state index in [0.29, 0.717) is 11.8 Å². The van der Waals surface area contributed by atoms with Crippen LogP contribution in [-0.4, -0.2) is 11.7 Å². The van der Waals surface area contributed by atoms with Gasteiger partial charge in [0.15, 0.2) is 0 Å². The van der Waals surface area contributed by atoms with Gasteiger partial charge in [0.1, 0.15) is 5.75 Å². The monoisotopic (exact) mass is 191 g/mol. The van der Waals surface area contributed by atoms with Crippen molar-refractivity contribution in [2.75, 3.05) is 6.54 Å². The fourth-order valence-electron chi connectivity index (χ4n) is 2.05. The van der Waals surface area contributed by atoms with Gasteiger partial charge in [-0.25, -0.2) is 0 Å². The Bertz CT molecular complexity index is 290. The molecule has 2 rings (SSSR count). The normalized spacial score (nSPS) is 23.0. The van der Waals surface area contributed by atoms with Gasteiger partial charge in [-0.15, -0.1) is 0 Å². The van der Waals surface area contributed by atoms with Crippen molar-refractivity contribution in [2.45, 2.75) is 31.7 Å². The highest BCUT2D eigenvalue weighted by molar-refractivity contribution is 5.29. The highest BCUT2D eigenvalue weighted by Crippen LogP contribution is 2.24. The Morgan fingerprint density at radius 2 is 2.14 bits per heavy atom. The molecular formula is C12H17NO. The Hall–Kier alpha value is -1.02. The third-order valence-corrected chi connectivity index (χ3v) is 2.83. The molecule has 0 amide bonds. The second-order valence-electron chi connectivity index (χ2n) is 3.95. The van der Waals surface area contributed by atoms with Crippen molar-refractivity contribution in [2.24, 2.45) is 0 Å². The van der Waals surface area contributed by atoms with Crippen molar-refractivity contribution in [1.29, 1.82) is 0 Å². The predicted molar refractivity (Wildman–Crippen MR) is 57.3 cm³/mol. The molecule has 14 heavy (non-hydrogen) atoms. The SMILES string of the molecule is Oc1cccc(C2CCCCCN2)c1. The van der Waals surface area contributed by atoms with Crippen LogP contribution in [-0.2, 0) is 0 Å². The second-order valence-corrected chi connectivity index (χ2v) is 3.95. The zero-order valence-corrected chi connectivity index (χ0v) is 8.37. The maximum Gasteiger partial charge on any atom is 0.115 e. The van der Waals surface area contributed by atoms with Gasteiger partial charge in [0.25, 0.3) is 0 Å². The molecule has 2 N–H and O–H groups in total. The molecule has 1 aromatic rings. The van der Waals surface area contributed by atoms with E-state index >= 15 is 0 Å². The molecule has 1 aliphatic heterocycles. The molecule has 1 saturated heterocycles. The molecule has 0 aromatic heterocycles. The average molecular weight is 191 g/mol. The molecule has 76 valence electrons. The minimum Gasteiger partial charge on any atom is -0.508 e. The number of hydrogen-bond acceptors (Lipinski definition) is 2. The van der Waals surface area contributed by atoms with E-state index in [1.54, 1.807) is 6.07 Å². The number of phenolic OH excluding ortho intramolecular Hbond substituents is 1. The molecule has 1 atom stereocenters. The fourth-order valence-corrected chi connectivity index (χ4v) is 2.05. The first-order valence-electron chi connectivity index (χ1n) is 5.38. The molecule has 2 heteroatoms. The van der Waals surface area contributed by atoms with Crippen molar-refractivity contribution in [3.05, 3.63) is 29.8 Å². The van der Waals surface area contributed by atoms with Gasteiger partial charge < -0.3 is 10.4 Å². The minimum absolute atomic E-state index is 0.369. The van der Waals surface area contributed by atoms with E-state index in [9.17, 15) is 5.11 Å². The van der Waals surface area contributed by atoms with Crippen molar-refractivity contribution >= 4 is 0 Å². The number of phenols is 1. The van der Waals surface area contributed by atoms with Crippen molar-refractivity contribution in [1.82, 2.24) is 5.32 Å². The molecule has 0 aliphatic carbocycles. The molecule has 1 heterocycles. The van der Waals surface area contributed by atoms with E-state index < -0.39 is 0 Å². The molecule has 0 spiro atoms. The van der Waals surface area contributed by atoms with Crippen LogP contribution in [0.4, 0.5) is 0 Å². The smallest absolute Gasteiger partial charge is 0.115 e. The predicted octanol–water partition coefficient (Wildman–Crippen LogP) is 2.60. The van der Waals surface area contributed by atoms with Crippen LogP contribution in [0.1, 0.15) is 37.3 Å². The summed E-state index contributed by atoms with van der Waals surface area (Å²) in [6, 6.07) is 8.02. The summed E-state index contributed by atoms with van der Waals surface area (Å²) in [5, 5.41) is 12.9. The average Bonchev–Trinajstić information content (AvgIpc) is 2.45. The summed E-state index contributed by atoms with van der Waals surface area (Å²) in [5.74, 6) is 0.369. The molecule has 1 unspecified atom stereocenters. The van der Waals surface area contributed by atoms with Gasteiger partial charge in [0.2, 0.25) is 0 Å². The van der Waals surface area contributed by atoms with Crippen LogP contribution in [0.5, 0.6) is 5.75 Å². The molecular weight excluding hydrogens is 174 g/mol. The molecule has 1 fully saturated rings. The minimum atomic E-state index is 0.369. The molecule has 1 aromatic carbocycles. The Kier molecular flexibility index (Phi) is 3.04. The fraction of sp³-hybridized carbons (Fsp3) is 0.500. The van der Waals surface area contributed by atoms with Gasteiger partial charge in [-0.3, -0.25) is 0 Å². The number of benzene rings is 1. The highest BCUT2D eigenvalue weighted by Gasteiger charge is 2.13. The van der Waals surface area contributed by atoms with Gasteiger partial charge in [0, 0.05) is 6.04 Å². The zero-order valence-electron chi connectivity index (χ0n) is 8.37. The molecule has 1 aliphatic rings. The molecule has 0 radical (unpaired) electrons. The standard InChI is InChI=1S/C12H17NO/c14-11-6-4-5-10(9-11)12-7-2-1-3-8-13-12/h4-6,9,12-14H,1-3,7-8H2.